The normalized spacial score (nSPS) is 17.3. The minimum absolute atomic E-state index is 0.0946. The number of hydrogen-bond donors (Lipinski definition) is 1. The first-order valence-electron chi connectivity index (χ1n) is 14.4. The highest BCUT2D eigenvalue weighted by molar-refractivity contribution is 5.61. The Labute approximate surface area is 243 Å². The number of aryl methyl sites for hydroxylation is 1. The highest BCUT2D eigenvalue weighted by Crippen LogP contribution is 2.35. The third-order valence-electron chi connectivity index (χ3n) is 7.61. The van der Waals surface area contributed by atoms with Crippen LogP contribution in [0.5, 0.6) is 17.2 Å². The molecule has 0 spiro atoms. The summed E-state index contributed by atoms with van der Waals surface area (Å²) in [6.07, 6.45) is 4.60. The average Bonchev–Trinajstić information content (AvgIpc) is 3.41. The van der Waals surface area contributed by atoms with Crippen LogP contribution in [0.15, 0.2) is 72.9 Å². The molecule has 0 bridgehead atoms. The van der Waals surface area contributed by atoms with Gasteiger partial charge in [0.05, 0.1) is 11.3 Å². The number of benzene rings is 3. The van der Waals surface area contributed by atoms with Crippen LogP contribution in [0.25, 0.3) is 16.9 Å². The molecule has 1 N–H and O–H groups in total. The van der Waals surface area contributed by atoms with E-state index in [2.05, 4.69) is 12.2 Å². The van der Waals surface area contributed by atoms with Crippen molar-refractivity contribution >= 4 is 0 Å². The Hall–Kier alpha value is -3.85. The fourth-order valence-corrected chi connectivity index (χ4v) is 5.30. The number of aromatic nitrogens is 2. The number of nitrogens with one attached hydrogen (secondary N) is 1. The second-order valence-corrected chi connectivity index (χ2v) is 10.7. The van der Waals surface area contributed by atoms with Gasteiger partial charge in [-0.05, 0) is 106 Å². The smallest absolute Gasteiger partial charge is 0.419 e. The summed E-state index contributed by atoms with van der Waals surface area (Å²) in [5.41, 5.74) is 1.30. The largest absolute Gasteiger partial charge is 0.490 e. The van der Waals surface area contributed by atoms with E-state index in [1.165, 1.54) is 12.5 Å². The lowest BCUT2D eigenvalue weighted by Crippen LogP contribution is -2.36. The van der Waals surface area contributed by atoms with Gasteiger partial charge in [-0.2, -0.15) is 13.2 Å². The second kappa shape index (κ2) is 13.0. The number of rotatable bonds is 10. The van der Waals surface area contributed by atoms with Crippen molar-refractivity contribution in [3.05, 3.63) is 90.1 Å². The van der Waals surface area contributed by atoms with Crippen molar-refractivity contribution in [1.29, 1.82) is 0 Å². The van der Waals surface area contributed by atoms with Crippen molar-refractivity contribution in [2.75, 3.05) is 7.05 Å². The first-order chi connectivity index (χ1) is 20.2. The van der Waals surface area contributed by atoms with E-state index in [-0.39, 0.29) is 11.9 Å². The molecule has 1 aromatic heterocycles. The molecule has 2 atom stereocenters. The lowest BCUT2D eigenvalue weighted by atomic mass is 9.93. The number of alkyl halides is 3. The summed E-state index contributed by atoms with van der Waals surface area (Å²) < 4.78 is 66.8. The summed E-state index contributed by atoms with van der Waals surface area (Å²) >= 11 is 0. The predicted octanol–water partition coefficient (Wildman–Crippen LogP) is 8.74. The Kier molecular flexibility index (Phi) is 9.16. The van der Waals surface area contributed by atoms with Crippen LogP contribution in [0.1, 0.15) is 56.8 Å². The standard InChI is InChI=1S/C33H35F4N3O2/c1-3-4-8-32-39-31(22-9-13-25(14-10-22)41-27-7-5-6-23(19-27)38-2)21-40(32)24-11-15-26(16-12-24)42-28-17-18-30(34)29(20-28)33(35,36)37/h9-18,20-21,23,27,38H,3-8,19H2,1-2H3. The van der Waals surface area contributed by atoms with Gasteiger partial charge in [-0.3, -0.25) is 0 Å². The zero-order chi connectivity index (χ0) is 29.7. The van der Waals surface area contributed by atoms with Crippen LogP contribution in [0.3, 0.4) is 0 Å². The molecule has 0 saturated heterocycles. The second-order valence-electron chi connectivity index (χ2n) is 10.7. The molecule has 5 nitrogen and oxygen atoms in total. The minimum atomic E-state index is -4.81. The number of unbranched alkanes of at least 4 members (excludes halogenated alkanes) is 1. The van der Waals surface area contributed by atoms with Crippen molar-refractivity contribution in [2.24, 2.45) is 0 Å². The predicted molar refractivity (Wildman–Crippen MR) is 155 cm³/mol. The third-order valence-corrected chi connectivity index (χ3v) is 7.61. The summed E-state index contributed by atoms with van der Waals surface area (Å²) in [5.74, 6) is 0.667. The monoisotopic (exact) mass is 581 g/mol. The van der Waals surface area contributed by atoms with Gasteiger partial charge < -0.3 is 19.4 Å². The molecule has 1 fully saturated rings. The van der Waals surface area contributed by atoms with Crippen LogP contribution < -0.4 is 14.8 Å². The van der Waals surface area contributed by atoms with Gasteiger partial charge in [-0.25, -0.2) is 9.37 Å². The van der Waals surface area contributed by atoms with E-state index >= 15 is 0 Å². The van der Waals surface area contributed by atoms with Crippen molar-refractivity contribution in [2.45, 2.75) is 70.2 Å². The van der Waals surface area contributed by atoms with Gasteiger partial charge in [0.1, 0.15) is 35.0 Å². The quantitative estimate of drug-likeness (QED) is 0.190. The maximum Gasteiger partial charge on any atom is 0.419 e. The SMILES string of the molecule is CCCCc1nc(-c2ccc(OC3CCCC(NC)C3)cc2)cn1-c1ccc(Oc2ccc(F)c(C(F)(F)F)c2)cc1. The molecule has 1 heterocycles. The van der Waals surface area contributed by atoms with Crippen LogP contribution >= 0.6 is 0 Å². The maximum atomic E-state index is 13.6. The van der Waals surface area contributed by atoms with Gasteiger partial charge in [-0.1, -0.05) is 13.3 Å². The topological polar surface area (TPSA) is 48.3 Å². The highest BCUT2D eigenvalue weighted by Gasteiger charge is 2.34. The van der Waals surface area contributed by atoms with Gasteiger partial charge in [0, 0.05) is 29.9 Å². The third kappa shape index (κ3) is 7.13. The molecule has 222 valence electrons. The zero-order valence-electron chi connectivity index (χ0n) is 23.8. The van der Waals surface area contributed by atoms with Gasteiger partial charge in [0.25, 0.3) is 0 Å². The molecule has 2 unspecified atom stereocenters. The van der Waals surface area contributed by atoms with Crippen molar-refractivity contribution in [1.82, 2.24) is 14.9 Å². The van der Waals surface area contributed by atoms with Gasteiger partial charge >= 0.3 is 6.18 Å². The summed E-state index contributed by atoms with van der Waals surface area (Å²) in [6.45, 7) is 2.13. The van der Waals surface area contributed by atoms with Crippen molar-refractivity contribution in [3.63, 3.8) is 0 Å². The molecule has 42 heavy (non-hydrogen) atoms. The lowest BCUT2D eigenvalue weighted by molar-refractivity contribution is -0.140. The van der Waals surface area contributed by atoms with E-state index in [1.807, 2.05) is 54.2 Å². The van der Waals surface area contributed by atoms with E-state index in [4.69, 9.17) is 14.5 Å². The van der Waals surface area contributed by atoms with E-state index in [1.54, 1.807) is 12.1 Å². The molecule has 1 saturated carbocycles. The molecule has 1 aliphatic rings. The summed E-state index contributed by atoms with van der Waals surface area (Å²) in [7, 11) is 2.00. The maximum absolute atomic E-state index is 13.6. The summed E-state index contributed by atoms with van der Waals surface area (Å²) in [5, 5.41) is 3.36. The van der Waals surface area contributed by atoms with Crippen LogP contribution in [0, 0.1) is 5.82 Å². The average molecular weight is 582 g/mol. The number of hydrogen-bond acceptors (Lipinski definition) is 4. The van der Waals surface area contributed by atoms with E-state index < -0.39 is 17.6 Å². The fourth-order valence-electron chi connectivity index (χ4n) is 5.30. The van der Waals surface area contributed by atoms with Crippen LogP contribution in [0.2, 0.25) is 0 Å². The Bertz CT molecular complexity index is 1470. The summed E-state index contributed by atoms with van der Waals surface area (Å²) in [4.78, 5) is 4.93. The number of halogens is 4. The molecule has 0 radical (unpaired) electrons. The molecule has 1 aliphatic carbocycles. The van der Waals surface area contributed by atoms with E-state index in [0.717, 1.165) is 73.1 Å². The number of imidazole rings is 1. The molecule has 3 aromatic carbocycles. The first kappa shape index (κ1) is 29.6. The molecule has 0 aliphatic heterocycles. The zero-order valence-corrected chi connectivity index (χ0v) is 23.8. The molecule has 5 rings (SSSR count). The Morgan fingerprint density at radius 2 is 1.67 bits per heavy atom. The van der Waals surface area contributed by atoms with Crippen LogP contribution in [-0.4, -0.2) is 28.7 Å². The molecular weight excluding hydrogens is 546 g/mol. The van der Waals surface area contributed by atoms with Gasteiger partial charge in [0.15, 0.2) is 0 Å². The van der Waals surface area contributed by atoms with Crippen molar-refractivity contribution in [3.8, 4) is 34.2 Å². The van der Waals surface area contributed by atoms with Crippen molar-refractivity contribution < 1.29 is 27.0 Å². The first-order valence-corrected chi connectivity index (χ1v) is 14.4. The van der Waals surface area contributed by atoms with Gasteiger partial charge in [0.2, 0.25) is 0 Å². The Morgan fingerprint density at radius 1 is 0.952 bits per heavy atom. The van der Waals surface area contributed by atoms with Crippen LogP contribution in [-0.2, 0) is 12.6 Å². The Balaban J connectivity index is 1.32. The minimum Gasteiger partial charge on any atom is -0.490 e. The molecule has 4 aromatic rings. The molecular formula is C33H35F4N3O2. The molecule has 9 heteroatoms. The fraction of sp³-hybridized carbons (Fsp3) is 0.364. The van der Waals surface area contributed by atoms with Gasteiger partial charge in [-0.15, -0.1) is 0 Å². The lowest BCUT2D eigenvalue weighted by Gasteiger charge is -2.29. The van der Waals surface area contributed by atoms with Crippen LogP contribution in [0.4, 0.5) is 17.6 Å². The molecule has 0 amide bonds. The van der Waals surface area contributed by atoms with E-state index in [9.17, 15) is 17.6 Å². The number of ether oxygens (including phenoxy) is 2. The number of nitrogens with zero attached hydrogens (tertiary/aromatic N) is 2. The Morgan fingerprint density at radius 3 is 2.36 bits per heavy atom. The highest BCUT2D eigenvalue weighted by atomic mass is 19.4. The van der Waals surface area contributed by atoms with E-state index in [0.29, 0.717) is 17.9 Å². The summed E-state index contributed by atoms with van der Waals surface area (Å²) in [6, 6.07) is 18.1.